The van der Waals surface area contributed by atoms with Crippen LogP contribution in [-0.2, 0) is 9.59 Å². The average molecular weight is 348 g/mol. The first-order valence-electron chi connectivity index (χ1n) is 7.67. The molecule has 1 fully saturated rings. The van der Waals surface area contributed by atoms with E-state index >= 15 is 0 Å². The van der Waals surface area contributed by atoms with Crippen LogP contribution in [0.3, 0.4) is 0 Å². The molecule has 7 nitrogen and oxygen atoms in total. The standard InChI is InChI=1S/C15H28N2O5S/c1-14(2)11(15(3,4)23-14)6-10(19)9(7-18)17-13(22)8(16)5-12(20)21/h8-11,18-19H,5-7,16H2,1-4H3,(H,17,22)(H,20,21)/t8-,9?,10?/m0/s1. The Hall–Kier alpha value is -0.830. The highest BCUT2D eigenvalue weighted by Crippen LogP contribution is 2.60. The number of thioether (sulfide) groups is 1. The minimum atomic E-state index is -1.21. The Morgan fingerprint density at radius 2 is 1.78 bits per heavy atom. The zero-order chi connectivity index (χ0) is 18.0. The van der Waals surface area contributed by atoms with Crippen molar-refractivity contribution in [2.75, 3.05) is 6.61 Å². The van der Waals surface area contributed by atoms with Crippen molar-refractivity contribution in [1.82, 2.24) is 5.32 Å². The lowest BCUT2D eigenvalue weighted by Crippen LogP contribution is -2.58. The molecule has 0 saturated carbocycles. The van der Waals surface area contributed by atoms with Crippen molar-refractivity contribution < 1.29 is 24.9 Å². The maximum absolute atomic E-state index is 11.9. The fraction of sp³-hybridized carbons (Fsp3) is 0.867. The van der Waals surface area contributed by atoms with E-state index in [9.17, 15) is 19.8 Å². The number of nitrogens with two attached hydrogens (primary N) is 1. The molecule has 8 heteroatoms. The van der Waals surface area contributed by atoms with Crippen molar-refractivity contribution in [2.24, 2.45) is 11.7 Å². The summed E-state index contributed by atoms with van der Waals surface area (Å²) in [5.41, 5.74) is 5.49. The lowest BCUT2D eigenvalue weighted by atomic mass is 9.77. The first kappa shape index (κ1) is 20.2. The largest absolute Gasteiger partial charge is 0.481 e. The molecule has 1 amide bonds. The molecule has 23 heavy (non-hydrogen) atoms. The SMILES string of the molecule is CC1(C)SC(C)(C)C1CC(O)C(CO)NC(=O)[C@@H](N)CC(=O)O. The number of carboxylic acids is 1. The number of aliphatic hydroxyl groups excluding tert-OH is 2. The molecule has 1 aliphatic rings. The number of carbonyl (C=O) groups is 2. The summed E-state index contributed by atoms with van der Waals surface area (Å²) in [5.74, 6) is -1.63. The summed E-state index contributed by atoms with van der Waals surface area (Å²) in [6.07, 6.45) is -0.989. The summed E-state index contributed by atoms with van der Waals surface area (Å²) in [5, 5.41) is 30.9. The van der Waals surface area contributed by atoms with Crippen molar-refractivity contribution in [3.05, 3.63) is 0 Å². The van der Waals surface area contributed by atoms with Gasteiger partial charge in [-0.15, -0.1) is 11.8 Å². The van der Waals surface area contributed by atoms with Gasteiger partial charge in [0, 0.05) is 9.49 Å². The summed E-state index contributed by atoms with van der Waals surface area (Å²) in [6, 6.07) is -2.07. The van der Waals surface area contributed by atoms with Gasteiger partial charge in [0.15, 0.2) is 0 Å². The molecule has 0 aromatic carbocycles. The normalized spacial score (nSPS) is 23.4. The molecule has 1 saturated heterocycles. The van der Waals surface area contributed by atoms with E-state index in [1.54, 1.807) is 0 Å². The first-order valence-corrected chi connectivity index (χ1v) is 8.49. The fourth-order valence-corrected chi connectivity index (χ4v) is 5.64. The molecule has 2 unspecified atom stereocenters. The highest BCUT2D eigenvalue weighted by atomic mass is 32.2. The van der Waals surface area contributed by atoms with E-state index in [1.165, 1.54) is 0 Å². The third-order valence-corrected chi connectivity index (χ3v) is 6.02. The Labute approximate surface area is 141 Å². The quantitative estimate of drug-likeness (QED) is 0.415. The molecule has 0 spiro atoms. The summed E-state index contributed by atoms with van der Waals surface area (Å²) in [4.78, 5) is 22.4. The van der Waals surface area contributed by atoms with E-state index in [-0.39, 0.29) is 15.4 Å². The molecule has 0 aromatic rings. The summed E-state index contributed by atoms with van der Waals surface area (Å²) >= 11 is 1.84. The van der Waals surface area contributed by atoms with Crippen LogP contribution in [0.25, 0.3) is 0 Å². The second kappa shape index (κ2) is 7.38. The fourth-order valence-electron chi connectivity index (χ4n) is 3.41. The van der Waals surface area contributed by atoms with Crippen LogP contribution < -0.4 is 11.1 Å². The first-order chi connectivity index (χ1) is 10.4. The van der Waals surface area contributed by atoms with Gasteiger partial charge < -0.3 is 26.4 Å². The number of nitrogens with one attached hydrogen (secondary N) is 1. The predicted molar refractivity (Wildman–Crippen MR) is 89.1 cm³/mol. The van der Waals surface area contributed by atoms with Crippen LogP contribution in [0.4, 0.5) is 0 Å². The molecule has 1 heterocycles. The molecule has 134 valence electrons. The molecule has 0 aliphatic carbocycles. The van der Waals surface area contributed by atoms with Crippen molar-refractivity contribution >= 4 is 23.6 Å². The van der Waals surface area contributed by atoms with Crippen molar-refractivity contribution in [1.29, 1.82) is 0 Å². The third-order valence-electron chi connectivity index (χ3n) is 4.40. The van der Waals surface area contributed by atoms with E-state index < -0.39 is 43.1 Å². The molecule has 0 radical (unpaired) electrons. The minimum absolute atomic E-state index is 0.0220. The molecule has 1 rings (SSSR count). The highest BCUT2D eigenvalue weighted by molar-refractivity contribution is 8.03. The van der Waals surface area contributed by atoms with Crippen LogP contribution in [0, 0.1) is 5.92 Å². The van der Waals surface area contributed by atoms with Gasteiger partial charge >= 0.3 is 5.97 Å². The van der Waals surface area contributed by atoms with E-state index in [4.69, 9.17) is 10.8 Å². The van der Waals surface area contributed by atoms with Crippen LogP contribution in [0.2, 0.25) is 0 Å². The van der Waals surface area contributed by atoms with Gasteiger partial charge in [-0.05, 0) is 12.3 Å². The van der Waals surface area contributed by atoms with Gasteiger partial charge in [0.05, 0.1) is 31.2 Å². The number of amides is 1. The lowest BCUT2D eigenvalue weighted by molar-refractivity contribution is -0.139. The Bertz CT molecular complexity index is 441. The van der Waals surface area contributed by atoms with Crippen molar-refractivity contribution in [3.63, 3.8) is 0 Å². The highest BCUT2D eigenvalue weighted by Gasteiger charge is 2.54. The number of carboxylic acid groups (broad SMARTS) is 1. The number of carbonyl (C=O) groups excluding carboxylic acids is 1. The smallest absolute Gasteiger partial charge is 0.305 e. The van der Waals surface area contributed by atoms with Gasteiger partial charge in [0.1, 0.15) is 0 Å². The molecule has 1 aliphatic heterocycles. The number of hydrogen-bond acceptors (Lipinski definition) is 6. The Kier molecular flexibility index (Phi) is 6.48. The topological polar surface area (TPSA) is 133 Å². The molecular weight excluding hydrogens is 320 g/mol. The predicted octanol–water partition coefficient (Wildman–Crippen LogP) is -0.0633. The van der Waals surface area contributed by atoms with Crippen LogP contribution >= 0.6 is 11.8 Å². The Balaban J connectivity index is 2.63. The molecular formula is C15H28N2O5S. The van der Waals surface area contributed by atoms with Gasteiger partial charge in [0.25, 0.3) is 0 Å². The van der Waals surface area contributed by atoms with Gasteiger partial charge in [-0.3, -0.25) is 9.59 Å². The van der Waals surface area contributed by atoms with Crippen LogP contribution in [0.15, 0.2) is 0 Å². The zero-order valence-corrected chi connectivity index (χ0v) is 14.9. The van der Waals surface area contributed by atoms with Gasteiger partial charge in [0.2, 0.25) is 5.91 Å². The molecule has 3 atom stereocenters. The Morgan fingerprint density at radius 1 is 1.26 bits per heavy atom. The second-order valence-electron chi connectivity index (χ2n) is 7.17. The lowest BCUT2D eigenvalue weighted by Gasteiger charge is -2.58. The van der Waals surface area contributed by atoms with E-state index in [0.717, 1.165) is 0 Å². The monoisotopic (exact) mass is 348 g/mol. The number of aliphatic carboxylic acids is 1. The van der Waals surface area contributed by atoms with Gasteiger partial charge in [-0.2, -0.15) is 0 Å². The second-order valence-corrected chi connectivity index (χ2v) is 9.48. The van der Waals surface area contributed by atoms with Gasteiger partial charge in [-0.1, -0.05) is 27.7 Å². The summed E-state index contributed by atoms with van der Waals surface area (Å²) in [6.45, 7) is 7.99. The van der Waals surface area contributed by atoms with E-state index in [1.807, 2.05) is 11.8 Å². The Morgan fingerprint density at radius 3 is 2.17 bits per heavy atom. The number of aliphatic hydroxyl groups is 2. The average Bonchev–Trinajstić information content (AvgIpc) is 2.39. The number of rotatable bonds is 8. The zero-order valence-electron chi connectivity index (χ0n) is 14.1. The van der Waals surface area contributed by atoms with Gasteiger partial charge in [-0.25, -0.2) is 0 Å². The maximum atomic E-state index is 11.9. The van der Waals surface area contributed by atoms with Crippen LogP contribution in [-0.4, -0.2) is 61.5 Å². The van der Waals surface area contributed by atoms with Crippen molar-refractivity contribution in [3.8, 4) is 0 Å². The summed E-state index contributed by atoms with van der Waals surface area (Å²) < 4.78 is 0.0441. The number of hydrogen-bond donors (Lipinski definition) is 5. The summed E-state index contributed by atoms with van der Waals surface area (Å²) in [7, 11) is 0. The van der Waals surface area contributed by atoms with E-state index in [0.29, 0.717) is 6.42 Å². The molecule has 0 aromatic heterocycles. The van der Waals surface area contributed by atoms with Crippen molar-refractivity contribution in [2.45, 2.75) is 68.2 Å². The third kappa shape index (κ3) is 5.07. The van der Waals surface area contributed by atoms with Crippen LogP contribution in [0.5, 0.6) is 0 Å². The minimum Gasteiger partial charge on any atom is -0.481 e. The van der Waals surface area contributed by atoms with Crippen LogP contribution in [0.1, 0.15) is 40.5 Å². The molecule has 0 bridgehead atoms. The maximum Gasteiger partial charge on any atom is 0.305 e. The molecule has 6 N–H and O–H groups in total. The van der Waals surface area contributed by atoms with E-state index in [2.05, 4.69) is 33.0 Å².